The molecular formula is C42H68N6O6. The molecule has 12 nitrogen and oxygen atoms in total. The molecule has 0 bridgehead atoms. The van der Waals surface area contributed by atoms with Gasteiger partial charge < -0.3 is 29.9 Å². The first kappa shape index (κ1) is 44.8. The first-order valence-corrected chi connectivity index (χ1v) is 19.8. The molecule has 0 radical (unpaired) electrons. The van der Waals surface area contributed by atoms with Crippen molar-refractivity contribution in [1.29, 1.82) is 0 Å². The molecule has 2 N–H and O–H groups in total. The fourth-order valence-corrected chi connectivity index (χ4v) is 8.19. The number of hydrogen-bond acceptors (Lipinski definition) is 8. The number of likely N-dealkylation sites (tertiary alicyclic amines) is 1. The van der Waals surface area contributed by atoms with Crippen molar-refractivity contribution in [3.8, 4) is 0 Å². The predicted octanol–water partition coefficient (Wildman–Crippen LogP) is 4.54. The van der Waals surface area contributed by atoms with E-state index in [0.717, 1.165) is 35.6 Å². The number of benzene rings is 1. The second-order valence-electron chi connectivity index (χ2n) is 16.1. The largest absolute Gasteiger partial charge is 0.379 e. The van der Waals surface area contributed by atoms with E-state index in [4.69, 9.17) is 9.47 Å². The molecule has 0 aliphatic carbocycles. The standard InChI is InChI=1S/C42H68N6O6/c1-13-28(6)38(47(10)42(52)36(26(2)3)45-41(51)37(27(4)5)46(8)9)34(53-11)24-35(49)48-22-14-15-33(48)39(54-12)29(7)40(50)44-21-18-30-16-17-31-19-20-43-25-32(31)23-30/h16-17,19-20,23,25-29,33-34,36-39H,13-15,18,21-22,24H2,1-12H3,(H,44,50)(H,45,51)/t28-,29+,33-,34+,36-,37-,38-,39+/m0/s1. The lowest BCUT2D eigenvalue weighted by Gasteiger charge is -2.41. The van der Waals surface area contributed by atoms with Crippen molar-refractivity contribution in [3.63, 3.8) is 0 Å². The van der Waals surface area contributed by atoms with Gasteiger partial charge >= 0.3 is 0 Å². The van der Waals surface area contributed by atoms with Crippen LogP contribution in [0.3, 0.4) is 0 Å². The van der Waals surface area contributed by atoms with Gasteiger partial charge in [-0.05, 0) is 74.2 Å². The summed E-state index contributed by atoms with van der Waals surface area (Å²) < 4.78 is 12.0. The summed E-state index contributed by atoms with van der Waals surface area (Å²) in [4.78, 5) is 64.9. The van der Waals surface area contributed by atoms with Crippen molar-refractivity contribution < 1.29 is 28.7 Å². The molecule has 2 heterocycles. The van der Waals surface area contributed by atoms with Gasteiger partial charge in [0, 0.05) is 52.1 Å². The molecule has 12 heteroatoms. The number of likely N-dealkylation sites (N-methyl/N-ethyl adjacent to an activating group) is 2. The molecule has 0 saturated carbocycles. The van der Waals surface area contributed by atoms with Crippen molar-refractivity contribution in [2.45, 2.75) is 117 Å². The molecule has 4 amide bonds. The molecule has 8 atom stereocenters. The summed E-state index contributed by atoms with van der Waals surface area (Å²) >= 11 is 0. The number of methoxy groups -OCH3 is 2. The van der Waals surface area contributed by atoms with Gasteiger partial charge in [-0.15, -0.1) is 0 Å². The average molecular weight is 753 g/mol. The Hall–Kier alpha value is -3.61. The van der Waals surface area contributed by atoms with Crippen LogP contribution in [0.25, 0.3) is 10.8 Å². The van der Waals surface area contributed by atoms with Gasteiger partial charge in [0.1, 0.15) is 6.04 Å². The number of carbonyl (C=O) groups excluding carboxylic acids is 4. The summed E-state index contributed by atoms with van der Waals surface area (Å²) in [5.41, 5.74) is 1.11. The molecule has 0 unspecified atom stereocenters. The quantitative estimate of drug-likeness (QED) is 0.202. The SMILES string of the molecule is CC[C@H](C)[C@@H]([C@@H](CC(=O)N1CCC[C@H]1[C@H](OC)[C@@H](C)C(=O)NCCc1ccc2ccncc2c1)OC)N(C)C(=O)[C@@H](NC(=O)[C@H](C(C)C)N(C)C)C(C)C. The Bertz CT molecular complexity index is 1530. The molecule has 1 aromatic carbocycles. The minimum absolute atomic E-state index is 0.00138. The Balaban J connectivity index is 1.71. The Kier molecular flexibility index (Phi) is 17.3. The molecular weight excluding hydrogens is 684 g/mol. The van der Waals surface area contributed by atoms with Gasteiger partial charge in [0.15, 0.2) is 0 Å². The number of nitrogens with one attached hydrogen (secondary N) is 2. The van der Waals surface area contributed by atoms with Gasteiger partial charge in [0.25, 0.3) is 0 Å². The number of amides is 4. The van der Waals surface area contributed by atoms with Crippen LogP contribution in [-0.4, -0.2) is 128 Å². The lowest BCUT2D eigenvalue weighted by Crippen LogP contribution is -2.59. The molecule has 1 aliphatic heterocycles. The summed E-state index contributed by atoms with van der Waals surface area (Å²) in [7, 11) is 8.66. The zero-order valence-corrected chi connectivity index (χ0v) is 34.9. The minimum atomic E-state index is -0.744. The van der Waals surface area contributed by atoms with Crippen LogP contribution in [0.5, 0.6) is 0 Å². The number of fused-ring (bicyclic) bond motifs is 1. The molecule has 1 fully saturated rings. The second kappa shape index (κ2) is 20.9. The van der Waals surface area contributed by atoms with Crippen LogP contribution in [0.2, 0.25) is 0 Å². The molecule has 302 valence electrons. The Morgan fingerprint density at radius 1 is 0.944 bits per heavy atom. The molecule has 1 aliphatic rings. The van der Waals surface area contributed by atoms with Crippen molar-refractivity contribution in [2.24, 2.45) is 23.7 Å². The number of ether oxygens (including phenoxy) is 2. The molecule has 1 saturated heterocycles. The highest BCUT2D eigenvalue weighted by Gasteiger charge is 2.43. The Labute approximate surface area is 324 Å². The highest BCUT2D eigenvalue weighted by molar-refractivity contribution is 5.90. The topological polar surface area (TPSA) is 133 Å². The van der Waals surface area contributed by atoms with Crippen LogP contribution in [0, 0.1) is 23.7 Å². The van der Waals surface area contributed by atoms with E-state index in [1.54, 1.807) is 32.4 Å². The maximum Gasteiger partial charge on any atom is 0.245 e. The van der Waals surface area contributed by atoms with E-state index in [0.29, 0.717) is 19.5 Å². The van der Waals surface area contributed by atoms with Gasteiger partial charge in [-0.2, -0.15) is 0 Å². The van der Waals surface area contributed by atoms with E-state index in [1.807, 2.05) is 70.8 Å². The van der Waals surface area contributed by atoms with Crippen LogP contribution in [-0.2, 0) is 35.1 Å². The Morgan fingerprint density at radius 2 is 1.65 bits per heavy atom. The van der Waals surface area contributed by atoms with E-state index in [-0.39, 0.29) is 59.9 Å². The fraction of sp³-hybridized carbons (Fsp3) is 0.690. The average Bonchev–Trinajstić information content (AvgIpc) is 3.62. The maximum absolute atomic E-state index is 14.2. The maximum atomic E-state index is 14.2. The number of rotatable bonds is 20. The summed E-state index contributed by atoms with van der Waals surface area (Å²) in [5, 5.41) is 8.32. The lowest BCUT2D eigenvalue weighted by molar-refractivity contribution is -0.148. The molecule has 0 spiro atoms. The molecule has 2 aromatic rings. The lowest BCUT2D eigenvalue weighted by atomic mass is 9.89. The highest BCUT2D eigenvalue weighted by atomic mass is 16.5. The Morgan fingerprint density at radius 3 is 2.24 bits per heavy atom. The van der Waals surface area contributed by atoms with E-state index in [9.17, 15) is 19.2 Å². The van der Waals surface area contributed by atoms with Crippen molar-refractivity contribution in [3.05, 3.63) is 42.2 Å². The van der Waals surface area contributed by atoms with Crippen molar-refractivity contribution >= 4 is 34.4 Å². The third-order valence-electron chi connectivity index (χ3n) is 11.4. The van der Waals surface area contributed by atoms with E-state index >= 15 is 0 Å². The number of aromatic nitrogens is 1. The first-order chi connectivity index (χ1) is 25.6. The molecule has 3 rings (SSSR count). The summed E-state index contributed by atoms with van der Waals surface area (Å²) in [6.45, 7) is 14.8. The smallest absolute Gasteiger partial charge is 0.245 e. The second-order valence-corrected chi connectivity index (χ2v) is 16.1. The third kappa shape index (κ3) is 11.2. The van der Waals surface area contributed by atoms with Crippen LogP contribution in [0.1, 0.15) is 79.7 Å². The van der Waals surface area contributed by atoms with Gasteiger partial charge in [-0.25, -0.2) is 0 Å². The first-order valence-electron chi connectivity index (χ1n) is 19.8. The zero-order valence-electron chi connectivity index (χ0n) is 34.9. The summed E-state index contributed by atoms with van der Waals surface area (Å²) in [5.74, 6) is -1.21. The van der Waals surface area contributed by atoms with E-state index in [1.165, 1.54) is 0 Å². The van der Waals surface area contributed by atoms with Gasteiger partial charge in [0.2, 0.25) is 23.6 Å². The molecule has 1 aromatic heterocycles. The van der Waals surface area contributed by atoms with Crippen molar-refractivity contribution in [1.82, 2.24) is 30.3 Å². The van der Waals surface area contributed by atoms with E-state index < -0.39 is 30.2 Å². The predicted molar refractivity (Wildman–Crippen MR) is 214 cm³/mol. The van der Waals surface area contributed by atoms with Crippen LogP contribution in [0.4, 0.5) is 0 Å². The van der Waals surface area contributed by atoms with Crippen molar-refractivity contribution in [2.75, 3.05) is 48.5 Å². The normalized spacial score (nSPS) is 18.6. The number of hydrogen-bond donors (Lipinski definition) is 2. The van der Waals surface area contributed by atoms with Crippen LogP contribution < -0.4 is 10.6 Å². The van der Waals surface area contributed by atoms with Gasteiger partial charge in [-0.3, -0.25) is 29.1 Å². The minimum Gasteiger partial charge on any atom is -0.379 e. The van der Waals surface area contributed by atoms with Gasteiger partial charge in [-0.1, -0.05) is 67.0 Å². The highest BCUT2D eigenvalue weighted by Crippen LogP contribution is 2.30. The monoisotopic (exact) mass is 753 g/mol. The zero-order chi connectivity index (χ0) is 40.3. The number of carbonyl (C=O) groups is 4. The summed E-state index contributed by atoms with van der Waals surface area (Å²) in [6, 6.07) is 6.38. The van der Waals surface area contributed by atoms with Crippen LogP contribution >= 0.6 is 0 Å². The van der Waals surface area contributed by atoms with Crippen LogP contribution in [0.15, 0.2) is 36.7 Å². The number of nitrogens with zero attached hydrogens (tertiary/aromatic N) is 4. The fourth-order valence-electron chi connectivity index (χ4n) is 8.19. The molecule has 54 heavy (non-hydrogen) atoms. The van der Waals surface area contributed by atoms with Gasteiger partial charge in [0.05, 0.1) is 42.7 Å². The van der Waals surface area contributed by atoms with E-state index in [2.05, 4.69) is 47.7 Å². The third-order valence-corrected chi connectivity index (χ3v) is 11.4. The number of pyridine rings is 1. The summed E-state index contributed by atoms with van der Waals surface area (Å²) in [6.07, 6.45) is 5.55.